The number of hydrogen-bond donors (Lipinski definition) is 5. The monoisotopic (exact) mass is 330 g/mol. The summed E-state index contributed by atoms with van der Waals surface area (Å²) >= 11 is 0. The van der Waals surface area contributed by atoms with Crippen LogP contribution in [0.15, 0.2) is 24.5 Å². The third-order valence-corrected chi connectivity index (χ3v) is 4.76. The fraction of sp³-hybridized carbons (Fsp3) is 0.733. The highest BCUT2D eigenvalue weighted by molar-refractivity contribution is 5.21. The normalized spacial score (nSPS) is 49.8. The molecule has 1 saturated heterocycles. The molecule has 1 aliphatic carbocycles. The summed E-state index contributed by atoms with van der Waals surface area (Å²) in [5.41, 5.74) is 0.578. The molecule has 2 fully saturated rings. The van der Waals surface area contributed by atoms with Gasteiger partial charge in [0.1, 0.15) is 24.4 Å². The van der Waals surface area contributed by atoms with Crippen LogP contribution in [0, 0.1) is 11.8 Å². The van der Waals surface area contributed by atoms with Gasteiger partial charge in [0.05, 0.1) is 24.9 Å². The standard InChI is InChI=1S/C15H22O8/c1-6-8(17)4-7-2-3-21-14(10(6)7)23-15-13(20)12(19)11(18)9(5-16)22-15/h2-3,7-20H,1,4-5H2/t7-,8-,9+,10-,11+,12-,13+,14-,15+/m0/s1. The van der Waals surface area contributed by atoms with Crippen molar-refractivity contribution >= 4 is 0 Å². The maximum Gasteiger partial charge on any atom is 0.208 e. The zero-order chi connectivity index (χ0) is 16.7. The molecule has 0 radical (unpaired) electrons. The Morgan fingerprint density at radius 3 is 2.57 bits per heavy atom. The lowest BCUT2D eigenvalue weighted by Gasteiger charge is -2.42. The summed E-state index contributed by atoms with van der Waals surface area (Å²) in [6.45, 7) is 3.33. The van der Waals surface area contributed by atoms with Crippen LogP contribution in [0.1, 0.15) is 6.42 Å². The Morgan fingerprint density at radius 1 is 1.13 bits per heavy atom. The minimum Gasteiger partial charge on any atom is -0.472 e. The first-order valence-electron chi connectivity index (χ1n) is 7.59. The van der Waals surface area contributed by atoms with Crippen LogP contribution in [-0.4, -0.2) is 75.2 Å². The van der Waals surface area contributed by atoms with Crippen molar-refractivity contribution in [1.82, 2.24) is 0 Å². The lowest BCUT2D eigenvalue weighted by atomic mass is 9.91. The molecule has 0 aromatic carbocycles. The number of hydrogen-bond acceptors (Lipinski definition) is 8. The van der Waals surface area contributed by atoms with E-state index in [1.54, 1.807) is 0 Å². The second-order valence-corrected chi connectivity index (χ2v) is 6.18. The Hall–Kier alpha value is -1.00. The average molecular weight is 330 g/mol. The number of fused-ring (bicyclic) bond motifs is 1. The van der Waals surface area contributed by atoms with Crippen molar-refractivity contribution in [3.63, 3.8) is 0 Å². The van der Waals surface area contributed by atoms with E-state index in [2.05, 4.69) is 6.58 Å². The number of aliphatic hydroxyl groups is 5. The topological polar surface area (TPSA) is 129 Å². The van der Waals surface area contributed by atoms with E-state index >= 15 is 0 Å². The van der Waals surface area contributed by atoms with Gasteiger partial charge in [-0.15, -0.1) is 0 Å². The van der Waals surface area contributed by atoms with Crippen LogP contribution in [0.2, 0.25) is 0 Å². The van der Waals surface area contributed by atoms with Crippen LogP contribution in [0.3, 0.4) is 0 Å². The molecule has 2 heterocycles. The van der Waals surface area contributed by atoms with E-state index in [-0.39, 0.29) is 11.8 Å². The molecule has 2 aliphatic heterocycles. The molecule has 0 unspecified atom stereocenters. The van der Waals surface area contributed by atoms with Crippen LogP contribution < -0.4 is 0 Å². The van der Waals surface area contributed by atoms with Gasteiger partial charge in [-0.2, -0.15) is 0 Å². The predicted molar refractivity (Wildman–Crippen MR) is 75.6 cm³/mol. The molecule has 130 valence electrons. The van der Waals surface area contributed by atoms with Gasteiger partial charge < -0.3 is 39.7 Å². The highest BCUT2D eigenvalue weighted by Gasteiger charge is 2.49. The van der Waals surface area contributed by atoms with Gasteiger partial charge in [0.25, 0.3) is 0 Å². The van der Waals surface area contributed by atoms with Crippen molar-refractivity contribution < 1.29 is 39.7 Å². The quantitative estimate of drug-likeness (QED) is 0.384. The minimum atomic E-state index is -1.52. The SMILES string of the molecule is C=C1[C@@H]2[C@H](O[C@H]3O[C@H](CO)[C@@H](O)[C@H](O)[C@H]3O)OC=C[C@H]2C[C@@H]1O. The van der Waals surface area contributed by atoms with Gasteiger partial charge in [-0.1, -0.05) is 6.58 Å². The molecule has 9 atom stereocenters. The largest absolute Gasteiger partial charge is 0.472 e. The Labute approximate surface area is 133 Å². The third kappa shape index (κ3) is 2.91. The molecular formula is C15H22O8. The van der Waals surface area contributed by atoms with E-state index in [0.29, 0.717) is 12.0 Å². The van der Waals surface area contributed by atoms with Gasteiger partial charge in [-0.3, -0.25) is 0 Å². The van der Waals surface area contributed by atoms with E-state index in [1.165, 1.54) is 6.26 Å². The van der Waals surface area contributed by atoms with E-state index in [4.69, 9.17) is 14.2 Å². The molecule has 8 nitrogen and oxygen atoms in total. The van der Waals surface area contributed by atoms with Crippen molar-refractivity contribution in [2.75, 3.05) is 6.61 Å². The lowest BCUT2D eigenvalue weighted by Crippen LogP contribution is -2.60. The van der Waals surface area contributed by atoms with Crippen molar-refractivity contribution in [3.05, 3.63) is 24.5 Å². The van der Waals surface area contributed by atoms with E-state index < -0.39 is 49.7 Å². The van der Waals surface area contributed by atoms with Crippen LogP contribution in [0.25, 0.3) is 0 Å². The fourth-order valence-corrected chi connectivity index (χ4v) is 3.36. The van der Waals surface area contributed by atoms with E-state index in [1.807, 2.05) is 6.08 Å². The summed E-state index contributed by atoms with van der Waals surface area (Å²) < 4.78 is 16.4. The zero-order valence-electron chi connectivity index (χ0n) is 12.4. The summed E-state index contributed by atoms with van der Waals surface area (Å²) in [6, 6.07) is 0. The van der Waals surface area contributed by atoms with Crippen molar-refractivity contribution in [1.29, 1.82) is 0 Å². The maximum absolute atomic E-state index is 10.0. The number of allylic oxidation sites excluding steroid dienone is 1. The molecule has 3 rings (SSSR count). The lowest BCUT2D eigenvalue weighted by molar-refractivity contribution is -0.339. The Bertz CT molecular complexity index is 478. The Morgan fingerprint density at radius 2 is 1.87 bits per heavy atom. The molecule has 23 heavy (non-hydrogen) atoms. The molecule has 0 spiro atoms. The van der Waals surface area contributed by atoms with Crippen LogP contribution >= 0.6 is 0 Å². The Balaban J connectivity index is 1.73. The highest BCUT2D eigenvalue weighted by Crippen LogP contribution is 2.43. The molecule has 0 aromatic heterocycles. The molecule has 0 aromatic rings. The Kier molecular flexibility index (Phi) is 4.75. The van der Waals surface area contributed by atoms with Crippen LogP contribution in [0.5, 0.6) is 0 Å². The first kappa shape index (κ1) is 16.8. The van der Waals surface area contributed by atoms with Crippen LogP contribution in [0.4, 0.5) is 0 Å². The molecule has 1 saturated carbocycles. The summed E-state index contributed by atoms with van der Waals surface area (Å²) in [5, 5.41) is 48.7. The summed E-state index contributed by atoms with van der Waals surface area (Å²) in [7, 11) is 0. The smallest absolute Gasteiger partial charge is 0.208 e. The van der Waals surface area contributed by atoms with Gasteiger partial charge in [0.2, 0.25) is 6.29 Å². The number of aliphatic hydroxyl groups excluding tert-OH is 5. The van der Waals surface area contributed by atoms with Crippen LogP contribution in [-0.2, 0) is 14.2 Å². The third-order valence-electron chi connectivity index (χ3n) is 4.76. The van der Waals surface area contributed by atoms with E-state index in [9.17, 15) is 25.5 Å². The second kappa shape index (κ2) is 6.48. The van der Waals surface area contributed by atoms with Gasteiger partial charge in [-0.05, 0) is 24.0 Å². The molecule has 5 N–H and O–H groups in total. The number of rotatable bonds is 3. The van der Waals surface area contributed by atoms with E-state index in [0.717, 1.165) is 0 Å². The van der Waals surface area contributed by atoms with Gasteiger partial charge >= 0.3 is 0 Å². The first-order valence-corrected chi connectivity index (χ1v) is 7.59. The fourth-order valence-electron chi connectivity index (χ4n) is 3.36. The van der Waals surface area contributed by atoms with Gasteiger partial charge in [0, 0.05) is 0 Å². The molecule has 3 aliphatic rings. The van der Waals surface area contributed by atoms with Crippen molar-refractivity contribution in [3.8, 4) is 0 Å². The highest BCUT2D eigenvalue weighted by atomic mass is 16.8. The molecule has 0 bridgehead atoms. The minimum absolute atomic E-state index is 0.00105. The number of ether oxygens (including phenoxy) is 3. The maximum atomic E-state index is 10.0. The zero-order valence-corrected chi connectivity index (χ0v) is 12.4. The van der Waals surface area contributed by atoms with Gasteiger partial charge in [-0.25, -0.2) is 0 Å². The summed E-state index contributed by atoms with van der Waals surface area (Å²) in [5.74, 6) is -0.302. The predicted octanol–water partition coefficient (Wildman–Crippen LogP) is -1.77. The average Bonchev–Trinajstić information content (AvgIpc) is 2.83. The van der Waals surface area contributed by atoms with Gasteiger partial charge in [0.15, 0.2) is 6.29 Å². The van der Waals surface area contributed by atoms with Crippen molar-refractivity contribution in [2.24, 2.45) is 11.8 Å². The van der Waals surface area contributed by atoms with Crippen molar-refractivity contribution in [2.45, 2.75) is 49.5 Å². The summed E-state index contributed by atoms with van der Waals surface area (Å²) in [6.07, 6.45) is -4.51. The molecule has 0 amide bonds. The molecular weight excluding hydrogens is 308 g/mol. The second-order valence-electron chi connectivity index (χ2n) is 6.18. The first-order chi connectivity index (χ1) is 10.9. The summed E-state index contributed by atoms with van der Waals surface area (Å²) in [4.78, 5) is 0. The molecule has 8 heteroatoms.